The zero-order chi connectivity index (χ0) is 11.0. The van der Waals surface area contributed by atoms with Gasteiger partial charge in [0.15, 0.2) is 0 Å². The first-order valence-electron chi connectivity index (χ1n) is 5.43. The molecule has 0 unspecified atom stereocenters. The van der Waals surface area contributed by atoms with Crippen LogP contribution < -0.4 is 0 Å². The van der Waals surface area contributed by atoms with E-state index in [2.05, 4.69) is 23.9 Å². The van der Waals surface area contributed by atoms with E-state index in [0.717, 1.165) is 10.7 Å². The lowest BCUT2D eigenvalue weighted by Crippen LogP contribution is -2.18. The van der Waals surface area contributed by atoms with Crippen molar-refractivity contribution >= 4 is 11.6 Å². The lowest BCUT2D eigenvalue weighted by molar-refractivity contribution is 0.316. The highest BCUT2D eigenvalue weighted by atomic mass is 35.5. The van der Waals surface area contributed by atoms with E-state index in [0.29, 0.717) is 6.04 Å². The predicted molar refractivity (Wildman–Crippen MR) is 63.3 cm³/mol. The van der Waals surface area contributed by atoms with Crippen LogP contribution in [0.2, 0.25) is 5.02 Å². The monoisotopic (exact) mass is 224 g/mol. The van der Waals surface area contributed by atoms with Crippen LogP contribution >= 0.6 is 11.6 Å². The van der Waals surface area contributed by atoms with Crippen LogP contribution in [0.1, 0.15) is 35.7 Å². The van der Waals surface area contributed by atoms with Crippen LogP contribution in [0.4, 0.5) is 0 Å². The van der Waals surface area contributed by atoms with E-state index < -0.39 is 0 Å². The minimum absolute atomic E-state index is 0.510. The first-order chi connectivity index (χ1) is 7.11. The average molecular weight is 225 g/mol. The van der Waals surface area contributed by atoms with Crippen LogP contribution in [-0.4, -0.2) is 23.5 Å². The number of likely N-dealkylation sites (tertiary alicyclic amines) is 1. The summed E-state index contributed by atoms with van der Waals surface area (Å²) >= 11 is 6.23. The first-order valence-corrected chi connectivity index (χ1v) is 5.81. The van der Waals surface area contributed by atoms with E-state index in [1.54, 1.807) is 0 Å². The van der Waals surface area contributed by atoms with Crippen LogP contribution in [0.3, 0.4) is 0 Å². The van der Waals surface area contributed by atoms with Gasteiger partial charge in [0.25, 0.3) is 0 Å². The summed E-state index contributed by atoms with van der Waals surface area (Å²) < 4.78 is 0. The molecule has 1 saturated heterocycles. The highest BCUT2D eigenvalue weighted by Crippen LogP contribution is 2.34. The lowest BCUT2D eigenvalue weighted by Gasteiger charge is -2.22. The third kappa shape index (κ3) is 1.88. The molecule has 0 spiro atoms. The number of pyridine rings is 1. The van der Waals surface area contributed by atoms with Gasteiger partial charge in [0.1, 0.15) is 0 Å². The maximum absolute atomic E-state index is 6.23. The Morgan fingerprint density at radius 1 is 1.47 bits per heavy atom. The quantitative estimate of drug-likeness (QED) is 0.729. The van der Waals surface area contributed by atoms with Crippen LogP contribution in [0.15, 0.2) is 6.20 Å². The van der Waals surface area contributed by atoms with Gasteiger partial charge in [0.05, 0.1) is 10.7 Å². The third-order valence-electron chi connectivity index (χ3n) is 3.36. The van der Waals surface area contributed by atoms with Gasteiger partial charge >= 0.3 is 0 Å². The minimum atomic E-state index is 0.510. The van der Waals surface area contributed by atoms with Gasteiger partial charge < -0.3 is 0 Å². The molecule has 1 aromatic heterocycles. The Labute approximate surface area is 96.3 Å². The molecular formula is C12H17ClN2. The molecule has 2 nitrogen and oxygen atoms in total. The average Bonchev–Trinajstić information content (AvgIpc) is 2.62. The molecule has 0 radical (unpaired) electrons. The van der Waals surface area contributed by atoms with E-state index in [-0.39, 0.29) is 0 Å². The standard InChI is InChI=1S/C12H17ClN2/c1-8-10(7-14-9(2)12(8)13)11-5-4-6-15(11)3/h7,11H,4-6H2,1-3H3/t11-/m0/s1. The predicted octanol–water partition coefficient (Wildman–Crippen LogP) is 3.12. The van der Waals surface area contributed by atoms with Gasteiger partial charge in [-0.1, -0.05) is 11.6 Å². The maximum Gasteiger partial charge on any atom is 0.0651 e. The number of rotatable bonds is 1. The molecule has 0 aliphatic carbocycles. The summed E-state index contributed by atoms with van der Waals surface area (Å²) in [6.45, 7) is 5.23. The Bertz CT molecular complexity index is 376. The van der Waals surface area contributed by atoms with Crippen molar-refractivity contribution in [3.05, 3.63) is 28.0 Å². The zero-order valence-corrected chi connectivity index (χ0v) is 10.3. The van der Waals surface area contributed by atoms with Gasteiger partial charge in [-0.2, -0.15) is 0 Å². The molecule has 15 heavy (non-hydrogen) atoms. The van der Waals surface area contributed by atoms with Crippen molar-refractivity contribution in [3.63, 3.8) is 0 Å². The Hall–Kier alpha value is -0.600. The smallest absolute Gasteiger partial charge is 0.0651 e. The van der Waals surface area contributed by atoms with Crippen molar-refractivity contribution in [1.82, 2.24) is 9.88 Å². The van der Waals surface area contributed by atoms with Crippen molar-refractivity contribution in [1.29, 1.82) is 0 Å². The fraction of sp³-hybridized carbons (Fsp3) is 0.583. The van der Waals surface area contributed by atoms with Crippen molar-refractivity contribution in [2.75, 3.05) is 13.6 Å². The number of aryl methyl sites for hydroxylation is 1. The van der Waals surface area contributed by atoms with E-state index in [1.807, 2.05) is 13.1 Å². The Balaban J connectivity index is 2.40. The van der Waals surface area contributed by atoms with Crippen LogP contribution in [-0.2, 0) is 0 Å². The highest BCUT2D eigenvalue weighted by molar-refractivity contribution is 6.32. The van der Waals surface area contributed by atoms with Gasteiger partial charge in [-0.05, 0) is 51.4 Å². The largest absolute Gasteiger partial charge is 0.299 e. The van der Waals surface area contributed by atoms with Crippen molar-refractivity contribution in [3.8, 4) is 0 Å². The summed E-state index contributed by atoms with van der Waals surface area (Å²) in [6.07, 6.45) is 4.48. The summed E-state index contributed by atoms with van der Waals surface area (Å²) in [4.78, 5) is 6.74. The molecule has 0 saturated carbocycles. The maximum atomic E-state index is 6.23. The van der Waals surface area contributed by atoms with Crippen molar-refractivity contribution < 1.29 is 0 Å². The normalized spacial score (nSPS) is 22.3. The molecule has 2 rings (SSSR count). The molecule has 0 amide bonds. The van der Waals surface area contributed by atoms with Crippen LogP contribution in [0, 0.1) is 13.8 Å². The van der Waals surface area contributed by atoms with Gasteiger partial charge in [-0.25, -0.2) is 0 Å². The molecule has 2 heterocycles. The first kappa shape index (κ1) is 10.9. The number of halogens is 1. The second-order valence-electron chi connectivity index (χ2n) is 4.38. The summed E-state index contributed by atoms with van der Waals surface area (Å²) in [5.41, 5.74) is 3.42. The molecule has 0 aromatic carbocycles. The van der Waals surface area contributed by atoms with E-state index in [9.17, 15) is 0 Å². The van der Waals surface area contributed by atoms with Crippen molar-refractivity contribution in [2.45, 2.75) is 32.7 Å². The summed E-state index contributed by atoms with van der Waals surface area (Å²) in [5, 5.41) is 0.827. The van der Waals surface area contributed by atoms with Crippen molar-refractivity contribution in [2.24, 2.45) is 0 Å². The second-order valence-corrected chi connectivity index (χ2v) is 4.75. The molecule has 1 aliphatic heterocycles. The lowest BCUT2D eigenvalue weighted by atomic mass is 10.0. The minimum Gasteiger partial charge on any atom is -0.299 e. The SMILES string of the molecule is Cc1ncc([C@@H]2CCCN2C)c(C)c1Cl. The zero-order valence-electron chi connectivity index (χ0n) is 9.55. The number of nitrogens with zero attached hydrogens (tertiary/aromatic N) is 2. The molecular weight excluding hydrogens is 208 g/mol. The topological polar surface area (TPSA) is 16.1 Å². The van der Waals surface area contributed by atoms with E-state index in [4.69, 9.17) is 11.6 Å². The van der Waals surface area contributed by atoms with Gasteiger partial charge in [0, 0.05) is 12.2 Å². The fourth-order valence-corrected chi connectivity index (χ4v) is 2.51. The van der Waals surface area contributed by atoms with Gasteiger partial charge in [-0.3, -0.25) is 9.88 Å². The van der Waals surface area contributed by atoms with Crippen LogP contribution in [0.25, 0.3) is 0 Å². The molecule has 1 aromatic rings. The summed E-state index contributed by atoms with van der Waals surface area (Å²) in [5.74, 6) is 0. The number of aromatic nitrogens is 1. The highest BCUT2D eigenvalue weighted by Gasteiger charge is 2.25. The molecule has 1 atom stereocenters. The second kappa shape index (κ2) is 4.11. The molecule has 0 N–H and O–H groups in total. The third-order valence-corrected chi connectivity index (χ3v) is 3.91. The molecule has 0 bridgehead atoms. The Kier molecular flexibility index (Phi) is 2.98. The fourth-order valence-electron chi connectivity index (χ4n) is 2.36. The van der Waals surface area contributed by atoms with E-state index in [1.165, 1.54) is 30.5 Å². The van der Waals surface area contributed by atoms with Gasteiger partial charge in [0.2, 0.25) is 0 Å². The summed E-state index contributed by atoms with van der Waals surface area (Å²) in [6, 6.07) is 0.510. The van der Waals surface area contributed by atoms with Crippen LogP contribution in [0.5, 0.6) is 0 Å². The molecule has 1 aliphatic rings. The molecule has 82 valence electrons. The van der Waals surface area contributed by atoms with Gasteiger partial charge in [-0.15, -0.1) is 0 Å². The summed E-state index contributed by atoms with van der Waals surface area (Å²) in [7, 11) is 2.17. The Morgan fingerprint density at radius 3 is 2.80 bits per heavy atom. The van der Waals surface area contributed by atoms with E-state index >= 15 is 0 Å². The molecule has 1 fully saturated rings. The number of hydrogen-bond donors (Lipinski definition) is 0. The Morgan fingerprint density at radius 2 is 2.20 bits per heavy atom. The number of hydrogen-bond acceptors (Lipinski definition) is 2. The molecule has 3 heteroatoms.